The van der Waals surface area contributed by atoms with Crippen LogP contribution >= 0.6 is 0 Å². The summed E-state index contributed by atoms with van der Waals surface area (Å²) >= 11 is 0. The molecule has 90 valence electrons. The van der Waals surface area contributed by atoms with Gasteiger partial charge in [-0.2, -0.15) is 4.99 Å². The molecule has 0 saturated heterocycles. The molecule has 0 aliphatic carbocycles. The van der Waals surface area contributed by atoms with Crippen LogP contribution in [0, 0.1) is 5.21 Å². The molecule has 17 heavy (non-hydrogen) atoms. The molecule has 1 aromatic rings. The standard InChI is InChI=1S/C13H17N3O/c1-3-13-14-11-6-10-8-15(2)5-4-9(10)7-12(11)16(13)17/h6-7,16H,3-5,8H2,1-2H3. The summed E-state index contributed by atoms with van der Waals surface area (Å²) in [4.78, 5) is 6.73. The van der Waals surface area contributed by atoms with Gasteiger partial charge in [0.05, 0.1) is 0 Å². The minimum absolute atomic E-state index is 0.129. The van der Waals surface area contributed by atoms with E-state index in [4.69, 9.17) is 0 Å². The zero-order chi connectivity index (χ0) is 12.0. The van der Waals surface area contributed by atoms with E-state index in [1.807, 2.05) is 6.92 Å². The number of amidine groups is 1. The molecule has 0 bridgehead atoms. The average Bonchev–Trinajstić information content (AvgIpc) is 2.63. The maximum Gasteiger partial charge on any atom is 0.206 e. The van der Waals surface area contributed by atoms with E-state index in [-0.39, 0.29) is 5.06 Å². The summed E-state index contributed by atoms with van der Waals surface area (Å²) in [5.41, 5.74) is 4.33. The van der Waals surface area contributed by atoms with Gasteiger partial charge in [0.25, 0.3) is 0 Å². The number of fused-ring (bicyclic) bond motifs is 2. The normalized spacial score (nSPS) is 23.2. The highest BCUT2D eigenvalue weighted by molar-refractivity contribution is 5.86. The molecule has 0 aromatic heterocycles. The van der Waals surface area contributed by atoms with E-state index in [0.717, 1.165) is 37.3 Å². The van der Waals surface area contributed by atoms with Gasteiger partial charge in [-0.1, -0.05) is 6.92 Å². The highest BCUT2D eigenvalue weighted by Crippen LogP contribution is 2.32. The fourth-order valence-electron chi connectivity index (χ4n) is 2.60. The first-order valence-corrected chi connectivity index (χ1v) is 6.15. The second kappa shape index (κ2) is 3.91. The molecule has 2 aliphatic heterocycles. The Hall–Kier alpha value is -1.23. The van der Waals surface area contributed by atoms with Crippen LogP contribution < -0.4 is 5.06 Å². The maximum atomic E-state index is 12.0. The van der Waals surface area contributed by atoms with E-state index in [1.54, 1.807) is 0 Å². The van der Waals surface area contributed by atoms with Crippen molar-refractivity contribution in [1.82, 2.24) is 4.90 Å². The average molecular weight is 231 g/mol. The number of hydroxylamine groups is 1. The van der Waals surface area contributed by atoms with Crippen LogP contribution in [-0.2, 0) is 13.0 Å². The number of hydrogen-bond donors (Lipinski definition) is 1. The quantitative estimate of drug-likeness (QED) is 0.737. The molecular weight excluding hydrogens is 214 g/mol. The lowest BCUT2D eigenvalue weighted by Gasteiger charge is -2.26. The smallest absolute Gasteiger partial charge is 0.206 e. The van der Waals surface area contributed by atoms with Gasteiger partial charge in [-0.15, -0.1) is 0 Å². The SMILES string of the molecule is CCC1=Nc2cc3c(cc2[NH+]1[O-])CCN(C)C3. The number of aliphatic imine (C=N–C) groups is 1. The van der Waals surface area contributed by atoms with E-state index >= 15 is 0 Å². The molecule has 2 aliphatic rings. The van der Waals surface area contributed by atoms with Gasteiger partial charge >= 0.3 is 0 Å². The van der Waals surface area contributed by atoms with Gasteiger partial charge in [0, 0.05) is 25.6 Å². The Labute approximate surface area is 101 Å². The van der Waals surface area contributed by atoms with Gasteiger partial charge in [0.1, 0.15) is 5.69 Å². The molecule has 4 nitrogen and oxygen atoms in total. The summed E-state index contributed by atoms with van der Waals surface area (Å²) in [5.74, 6) is 0.704. The largest absolute Gasteiger partial charge is 0.622 e. The van der Waals surface area contributed by atoms with Crippen molar-refractivity contribution in [2.75, 3.05) is 13.6 Å². The van der Waals surface area contributed by atoms with Crippen molar-refractivity contribution in [3.05, 3.63) is 28.5 Å². The molecule has 0 fully saturated rings. The summed E-state index contributed by atoms with van der Waals surface area (Å²) in [6.07, 6.45) is 1.76. The van der Waals surface area contributed by atoms with Crippen molar-refractivity contribution < 1.29 is 5.06 Å². The van der Waals surface area contributed by atoms with Crippen LogP contribution in [0.2, 0.25) is 0 Å². The predicted octanol–water partition coefficient (Wildman–Crippen LogP) is 1.14. The lowest BCUT2D eigenvalue weighted by Crippen LogP contribution is -3.03. The van der Waals surface area contributed by atoms with Gasteiger partial charge in [0.2, 0.25) is 5.84 Å². The molecule has 1 aromatic carbocycles. The third-order valence-electron chi connectivity index (χ3n) is 3.62. The molecular formula is C13H17N3O. The lowest BCUT2D eigenvalue weighted by atomic mass is 9.98. The van der Waals surface area contributed by atoms with Crippen LogP contribution in [0.1, 0.15) is 24.5 Å². The molecule has 0 amide bonds. The predicted molar refractivity (Wildman–Crippen MR) is 67.9 cm³/mol. The van der Waals surface area contributed by atoms with Crippen LogP contribution in [0.3, 0.4) is 0 Å². The third kappa shape index (κ3) is 1.69. The Balaban J connectivity index is 2.05. The van der Waals surface area contributed by atoms with Gasteiger partial charge in [-0.25, -0.2) is 0 Å². The molecule has 1 atom stereocenters. The van der Waals surface area contributed by atoms with Gasteiger partial charge < -0.3 is 10.1 Å². The molecule has 4 heteroatoms. The van der Waals surface area contributed by atoms with Crippen molar-refractivity contribution >= 4 is 17.2 Å². The van der Waals surface area contributed by atoms with Crippen molar-refractivity contribution in [1.29, 1.82) is 0 Å². The van der Waals surface area contributed by atoms with E-state index in [1.165, 1.54) is 11.1 Å². The van der Waals surface area contributed by atoms with Gasteiger partial charge in [0.15, 0.2) is 5.69 Å². The first-order chi connectivity index (χ1) is 8.19. The van der Waals surface area contributed by atoms with Crippen molar-refractivity contribution in [2.45, 2.75) is 26.3 Å². The van der Waals surface area contributed by atoms with E-state index in [2.05, 4.69) is 29.1 Å². The fourth-order valence-corrected chi connectivity index (χ4v) is 2.60. The lowest BCUT2D eigenvalue weighted by molar-refractivity contribution is -0.665. The summed E-state index contributed by atoms with van der Waals surface area (Å²) in [6, 6.07) is 4.16. The van der Waals surface area contributed by atoms with Crippen LogP contribution in [-0.4, -0.2) is 24.3 Å². The summed E-state index contributed by atoms with van der Waals surface area (Å²) < 4.78 is 0. The number of likely N-dealkylation sites (N-methyl/N-ethyl adjacent to an activating group) is 1. The van der Waals surface area contributed by atoms with E-state index in [0.29, 0.717) is 5.84 Å². The Kier molecular flexibility index (Phi) is 2.50. The second-order valence-electron chi connectivity index (χ2n) is 4.87. The Morgan fingerprint density at radius 1 is 1.41 bits per heavy atom. The number of nitrogens with one attached hydrogen (secondary N) is 1. The topological polar surface area (TPSA) is 43.1 Å². The van der Waals surface area contributed by atoms with Crippen molar-refractivity contribution in [2.24, 2.45) is 4.99 Å². The van der Waals surface area contributed by atoms with E-state index < -0.39 is 0 Å². The third-order valence-corrected chi connectivity index (χ3v) is 3.62. The second-order valence-corrected chi connectivity index (χ2v) is 4.87. The van der Waals surface area contributed by atoms with E-state index in [9.17, 15) is 5.21 Å². The molecule has 1 unspecified atom stereocenters. The molecule has 0 saturated carbocycles. The molecule has 2 heterocycles. The monoisotopic (exact) mass is 231 g/mol. The highest BCUT2D eigenvalue weighted by Gasteiger charge is 2.25. The Morgan fingerprint density at radius 2 is 2.24 bits per heavy atom. The number of hydrogen-bond acceptors (Lipinski definition) is 3. The van der Waals surface area contributed by atoms with Crippen LogP contribution in [0.25, 0.3) is 0 Å². The van der Waals surface area contributed by atoms with Crippen molar-refractivity contribution in [3.8, 4) is 0 Å². The number of benzene rings is 1. The zero-order valence-corrected chi connectivity index (χ0v) is 10.3. The highest BCUT2D eigenvalue weighted by atomic mass is 16.5. The van der Waals surface area contributed by atoms with Crippen LogP contribution in [0.4, 0.5) is 11.4 Å². The zero-order valence-electron chi connectivity index (χ0n) is 10.3. The first kappa shape index (κ1) is 10.9. The summed E-state index contributed by atoms with van der Waals surface area (Å²) in [7, 11) is 2.13. The van der Waals surface area contributed by atoms with Crippen LogP contribution in [0.5, 0.6) is 0 Å². The Morgan fingerprint density at radius 3 is 3.00 bits per heavy atom. The maximum absolute atomic E-state index is 12.0. The molecule has 0 spiro atoms. The number of quaternary nitrogens is 1. The summed E-state index contributed by atoms with van der Waals surface area (Å²) in [6.45, 7) is 4.02. The minimum Gasteiger partial charge on any atom is -0.622 e. The van der Waals surface area contributed by atoms with Crippen molar-refractivity contribution in [3.63, 3.8) is 0 Å². The van der Waals surface area contributed by atoms with Crippen LogP contribution in [0.15, 0.2) is 17.1 Å². The first-order valence-electron chi connectivity index (χ1n) is 6.15. The number of nitrogens with zero attached hydrogens (tertiary/aromatic N) is 2. The van der Waals surface area contributed by atoms with Gasteiger partial charge in [-0.3, -0.25) is 5.06 Å². The summed E-state index contributed by atoms with van der Waals surface area (Å²) in [5, 5.41) is 12.2. The molecule has 3 rings (SSSR count). The number of rotatable bonds is 1. The Bertz CT molecular complexity index is 496. The molecule has 1 N–H and O–H groups in total. The van der Waals surface area contributed by atoms with Gasteiger partial charge in [-0.05, 0) is 30.7 Å². The minimum atomic E-state index is 0.129. The molecule has 0 radical (unpaired) electrons. The fraction of sp³-hybridized carbons (Fsp3) is 0.462.